The van der Waals surface area contributed by atoms with Gasteiger partial charge in [0.25, 0.3) is 0 Å². The number of carbonyl (C=O) groups excluding carboxylic acids is 1. The Labute approximate surface area is 127 Å². The lowest BCUT2D eigenvalue weighted by Crippen LogP contribution is -2.29. The van der Waals surface area contributed by atoms with E-state index in [0.717, 1.165) is 5.56 Å². The van der Waals surface area contributed by atoms with Gasteiger partial charge in [-0.25, -0.2) is 4.79 Å². The number of hydrogen-bond donors (Lipinski definition) is 3. The number of phenolic OH excluding ortho intramolecular Hbond substituents is 1. The van der Waals surface area contributed by atoms with E-state index in [0.29, 0.717) is 29.5 Å². The van der Waals surface area contributed by atoms with Crippen LogP contribution in [0.5, 0.6) is 5.75 Å². The van der Waals surface area contributed by atoms with Gasteiger partial charge in [0.1, 0.15) is 11.3 Å². The second-order valence-corrected chi connectivity index (χ2v) is 5.25. The predicted molar refractivity (Wildman–Crippen MR) is 82.0 cm³/mol. The van der Waals surface area contributed by atoms with Crippen LogP contribution in [-0.2, 0) is 11.2 Å². The van der Waals surface area contributed by atoms with Crippen LogP contribution in [0.15, 0.2) is 21.3 Å². The van der Waals surface area contributed by atoms with E-state index in [1.165, 1.54) is 0 Å². The highest BCUT2D eigenvalue weighted by atomic mass is 16.4. The Balaban J connectivity index is 2.39. The predicted octanol–water partition coefficient (Wildman–Crippen LogP) is 1.16. The largest absolute Gasteiger partial charge is 0.507 e. The lowest BCUT2D eigenvalue weighted by Gasteiger charge is -2.10. The molecule has 0 saturated heterocycles. The molecule has 0 unspecified atom stereocenters. The monoisotopic (exact) mass is 305 g/mol. The topological polar surface area (TPSA) is 99.8 Å². The zero-order valence-corrected chi connectivity index (χ0v) is 12.6. The second-order valence-electron chi connectivity index (χ2n) is 5.25. The zero-order chi connectivity index (χ0) is 16.3. The number of hydrogen-bond acceptors (Lipinski definition) is 5. The molecule has 0 atom stereocenters. The molecule has 0 aliphatic rings. The minimum Gasteiger partial charge on any atom is -0.507 e. The molecule has 1 aromatic carbocycles. The lowest BCUT2D eigenvalue weighted by atomic mass is 10.0. The van der Waals surface area contributed by atoms with Crippen molar-refractivity contribution in [2.45, 2.75) is 26.7 Å². The summed E-state index contributed by atoms with van der Waals surface area (Å²) in [5.74, 6) is -0.298. The Morgan fingerprint density at radius 3 is 2.73 bits per heavy atom. The van der Waals surface area contributed by atoms with Crippen molar-refractivity contribution in [1.29, 1.82) is 0 Å². The number of carbonyl (C=O) groups is 1. The molecule has 0 aliphatic heterocycles. The van der Waals surface area contributed by atoms with Gasteiger partial charge >= 0.3 is 5.63 Å². The molecule has 0 aliphatic carbocycles. The van der Waals surface area contributed by atoms with E-state index in [4.69, 9.17) is 9.52 Å². The molecular formula is C16H19NO5. The third-order valence-electron chi connectivity index (χ3n) is 3.50. The minimum absolute atomic E-state index is 0.00928. The van der Waals surface area contributed by atoms with E-state index in [1.807, 2.05) is 0 Å². The van der Waals surface area contributed by atoms with Crippen molar-refractivity contribution in [2.75, 3.05) is 13.2 Å². The molecule has 3 N–H and O–H groups in total. The first-order chi connectivity index (χ1) is 10.4. The van der Waals surface area contributed by atoms with E-state index in [9.17, 15) is 14.7 Å². The van der Waals surface area contributed by atoms with Gasteiger partial charge in [0.15, 0.2) is 0 Å². The maximum Gasteiger partial charge on any atom is 0.340 e. The van der Waals surface area contributed by atoms with Crippen molar-refractivity contribution in [3.63, 3.8) is 0 Å². The summed E-state index contributed by atoms with van der Waals surface area (Å²) in [5, 5.41) is 21.8. The Hall–Kier alpha value is -2.34. The molecule has 2 aromatic rings. The zero-order valence-electron chi connectivity index (χ0n) is 12.6. The molecule has 1 aromatic heterocycles. The first-order valence-corrected chi connectivity index (χ1v) is 7.07. The number of aliphatic hydroxyl groups is 1. The van der Waals surface area contributed by atoms with Crippen LogP contribution >= 0.6 is 0 Å². The molecule has 2 rings (SSSR count). The summed E-state index contributed by atoms with van der Waals surface area (Å²) in [6.45, 7) is 3.81. The first kappa shape index (κ1) is 16.0. The van der Waals surface area contributed by atoms with E-state index in [-0.39, 0.29) is 30.2 Å². The fourth-order valence-electron chi connectivity index (χ4n) is 2.39. The fraction of sp³-hybridized carbons (Fsp3) is 0.375. The van der Waals surface area contributed by atoms with E-state index in [2.05, 4.69) is 5.32 Å². The summed E-state index contributed by atoms with van der Waals surface area (Å²) in [6, 6.07) is 3.26. The third kappa shape index (κ3) is 3.28. The molecule has 6 nitrogen and oxygen atoms in total. The van der Waals surface area contributed by atoms with Crippen LogP contribution in [0.4, 0.5) is 0 Å². The molecule has 1 heterocycles. The summed E-state index contributed by atoms with van der Waals surface area (Å²) in [4.78, 5) is 23.9. The number of amides is 1. The van der Waals surface area contributed by atoms with Crippen LogP contribution < -0.4 is 10.9 Å². The molecule has 0 spiro atoms. The molecule has 0 fully saturated rings. The number of fused-ring (bicyclic) bond motifs is 1. The van der Waals surface area contributed by atoms with E-state index < -0.39 is 5.63 Å². The Morgan fingerprint density at radius 1 is 1.32 bits per heavy atom. The van der Waals surface area contributed by atoms with Gasteiger partial charge in [-0.3, -0.25) is 4.79 Å². The van der Waals surface area contributed by atoms with Crippen LogP contribution in [0.25, 0.3) is 11.0 Å². The third-order valence-corrected chi connectivity index (χ3v) is 3.50. The normalized spacial score (nSPS) is 10.9. The lowest BCUT2D eigenvalue weighted by molar-refractivity contribution is -0.120. The van der Waals surface area contributed by atoms with Crippen molar-refractivity contribution in [1.82, 2.24) is 5.32 Å². The van der Waals surface area contributed by atoms with E-state index in [1.54, 1.807) is 26.0 Å². The van der Waals surface area contributed by atoms with Gasteiger partial charge in [0.05, 0.1) is 17.4 Å². The van der Waals surface area contributed by atoms with Gasteiger partial charge in [-0.1, -0.05) is 0 Å². The summed E-state index contributed by atoms with van der Waals surface area (Å²) < 4.78 is 5.23. The molecular weight excluding hydrogens is 286 g/mol. The van der Waals surface area contributed by atoms with Crippen LogP contribution in [0.1, 0.15) is 23.1 Å². The standard InChI is InChI=1S/C16H19NO5/c1-9-6-12(19)15-10(2)11(16(21)22-13(15)7-9)8-14(20)17-4-3-5-18/h6-7,18-19H,3-5,8H2,1-2H3,(H,17,20). The van der Waals surface area contributed by atoms with Crippen LogP contribution in [0.3, 0.4) is 0 Å². The van der Waals surface area contributed by atoms with Crippen molar-refractivity contribution in [3.8, 4) is 5.75 Å². The first-order valence-electron chi connectivity index (χ1n) is 7.07. The van der Waals surface area contributed by atoms with Crippen LogP contribution in [0, 0.1) is 13.8 Å². The summed E-state index contributed by atoms with van der Waals surface area (Å²) in [5.41, 5.74) is 1.29. The van der Waals surface area contributed by atoms with Gasteiger partial charge in [-0.2, -0.15) is 0 Å². The van der Waals surface area contributed by atoms with Crippen LogP contribution in [-0.4, -0.2) is 29.3 Å². The smallest absolute Gasteiger partial charge is 0.340 e. The van der Waals surface area contributed by atoms with Gasteiger partial charge in [0.2, 0.25) is 5.91 Å². The molecule has 1 amide bonds. The average Bonchev–Trinajstić information content (AvgIpc) is 2.42. The number of aromatic hydroxyl groups is 1. The van der Waals surface area contributed by atoms with E-state index >= 15 is 0 Å². The SMILES string of the molecule is Cc1cc(O)c2c(C)c(CC(=O)NCCCO)c(=O)oc2c1. The average molecular weight is 305 g/mol. The summed E-state index contributed by atoms with van der Waals surface area (Å²) in [6.07, 6.45) is 0.333. The van der Waals surface area contributed by atoms with Crippen molar-refractivity contribution in [2.24, 2.45) is 0 Å². The maximum absolute atomic E-state index is 12.1. The van der Waals surface area contributed by atoms with Gasteiger partial charge in [0, 0.05) is 13.2 Å². The van der Waals surface area contributed by atoms with Crippen LogP contribution in [0.2, 0.25) is 0 Å². The quantitative estimate of drug-likeness (QED) is 0.568. The maximum atomic E-state index is 12.1. The number of nitrogens with one attached hydrogen (secondary N) is 1. The number of aryl methyl sites for hydroxylation is 2. The number of aliphatic hydroxyl groups excluding tert-OH is 1. The van der Waals surface area contributed by atoms with Crippen molar-refractivity contribution in [3.05, 3.63) is 39.2 Å². The van der Waals surface area contributed by atoms with Crippen molar-refractivity contribution < 1.29 is 19.4 Å². The molecule has 22 heavy (non-hydrogen) atoms. The number of rotatable bonds is 5. The molecule has 0 radical (unpaired) electrons. The number of benzene rings is 1. The summed E-state index contributed by atoms with van der Waals surface area (Å²) in [7, 11) is 0. The number of phenols is 1. The highest BCUT2D eigenvalue weighted by Gasteiger charge is 2.17. The Kier molecular flexibility index (Phi) is 4.82. The molecule has 0 saturated carbocycles. The molecule has 0 bridgehead atoms. The van der Waals surface area contributed by atoms with Gasteiger partial charge in [-0.05, 0) is 43.5 Å². The molecule has 6 heteroatoms. The summed E-state index contributed by atoms with van der Waals surface area (Å²) >= 11 is 0. The Morgan fingerprint density at radius 2 is 2.05 bits per heavy atom. The highest BCUT2D eigenvalue weighted by molar-refractivity contribution is 5.89. The second kappa shape index (κ2) is 6.62. The highest BCUT2D eigenvalue weighted by Crippen LogP contribution is 2.29. The van der Waals surface area contributed by atoms with Gasteiger partial charge < -0.3 is 19.9 Å². The fourth-order valence-corrected chi connectivity index (χ4v) is 2.39. The van der Waals surface area contributed by atoms with Gasteiger partial charge in [-0.15, -0.1) is 0 Å². The Bertz CT molecular complexity index is 763. The molecule has 118 valence electrons. The minimum atomic E-state index is -0.577. The van der Waals surface area contributed by atoms with Crippen molar-refractivity contribution >= 4 is 16.9 Å².